The molecule has 134 valence electrons. The first-order valence-corrected chi connectivity index (χ1v) is 9.98. The second-order valence-electron chi connectivity index (χ2n) is 7.16. The van der Waals surface area contributed by atoms with Gasteiger partial charge in [-0.2, -0.15) is 0 Å². The van der Waals surface area contributed by atoms with Crippen molar-refractivity contribution < 1.29 is 4.79 Å². The molecule has 2 fully saturated rings. The minimum atomic E-state index is -0.00574. The lowest BCUT2D eigenvalue weighted by atomic mass is 10.1. The number of thiazole rings is 1. The molecule has 0 atom stereocenters. The fourth-order valence-corrected chi connectivity index (χ4v) is 4.86. The number of fused-ring (bicyclic) bond motifs is 1. The summed E-state index contributed by atoms with van der Waals surface area (Å²) in [4.78, 5) is 34.5. The van der Waals surface area contributed by atoms with E-state index >= 15 is 0 Å². The molecule has 6 nitrogen and oxygen atoms in total. The molecule has 1 amide bonds. The van der Waals surface area contributed by atoms with Gasteiger partial charge in [-0.3, -0.25) is 18.9 Å². The maximum atomic E-state index is 12.5. The van der Waals surface area contributed by atoms with Gasteiger partial charge in [-0.15, -0.1) is 11.3 Å². The molecule has 0 radical (unpaired) electrons. The summed E-state index contributed by atoms with van der Waals surface area (Å²) in [7, 11) is 0. The summed E-state index contributed by atoms with van der Waals surface area (Å²) in [5, 5.41) is 1.96. The van der Waals surface area contributed by atoms with Crippen LogP contribution < -0.4 is 5.56 Å². The van der Waals surface area contributed by atoms with Crippen molar-refractivity contribution in [1.29, 1.82) is 0 Å². The first kappa shape index (κ1) is 16.7. The normalized spacial score (nSPS) is 19.8. The van der Waals surface area contributed by atoms with Crippen LogP contribution in [0.4, 0.5) is 0 Å². The molecule has 4 rings (SSSR count). The Balaban J connectivity index is 1.38. The number of piperazine rings is 1. The molecule has 0 N–H and O–H groups in total. The molecular weight excluding hydrogens is 336 g/mol. The number of hydrogen-bond acceptors (Lipinski definition) is 5. The number of aromatic nitrogens is 2. The van der Waals surface area contributed by atoms with Crippen molar-refractivity contribution in [2.24, 2.45) is 5.92 Å². The lowest BCUT2D eigenvalue weighted by Gasteiger charge is -2.35. The summed E-state index contributed by atoms with van der Waals surface area (Å²) in [5.41, 5.74) is 1.75. The van der Waals surface area contributed by atoms with E-state index in [1.807, 2.05) is 17.2 Å². The molecule has 0 aromatic carbocycles. The van der Waals surface area contributed by atoms with Crippen LogP contribution in [0, 0.1) is 12.8 Å². The van der Waals surface area contributed by atoms with Crippen LogP contribution in [0.5, 0.6) is 0 Å². The molecule has 0 spiro atoms. The van der Waals surface area contributed by atoms with E-state index in [4.69, 9.17) is 0 Å². The Hall–Kier alpha value is -1.73. The summed E-state index contributed by atoms with van der Waals surface area (Å²) in [6.45, 7) is 5.87. The molecule has 2 aromatic rings. The van der Waals surface area contributed by atoms with Gasteiger partial charge in [0, 0.05) is 55.8 Å². The average Bonchev–Trinajstić information content (AvgIpc) is 3.25. The average molecular weight is 360 g/mol. The molecule has 2 aromatic heterocycles. The zero-order valence-corrected chi connectivity index (χ0v) is 15.4. The van der Waals surface area contributed by atoms with Gasteiger partial charge in [-0.1, -0.05) is 12.8 Å². The number of rotatable bonds is 3. The van der Waals surface area contributed by atoms with Crippen LogP contribution in [0.25, 0.3) is 4.96 Å². The summed E-state index contributed by atoms with van der Waals surface area (Å²) in [5.74, 6) is 0.613. The van der Waals surface area contributed by atoms with Crippen LogP contribution in [0.2, 0.25) is 0 Å². The Morgan fingerprint density at radius 3 is 2.68 bits per heavy atom. The molecule has 0 bridgehead atoms. The van der Waals surface area contributed by atoms with Gasteiger partial charge in [-0.05, 0) is 19.8 Å². The molecule has 1 saturated heterocycles. The van der Waals surface area contributed by atoms with E-state index in [0.717, 1.165) is 55.4 Å². The van der Waals surface area contributed by atoms with Gasteiger partial charge in [0.05, 0.1) is 5.69 Å². The molecule has 1 saturated carbocycles. The van der Waals surface area contributed by atoms with E-state index in [9.17, 15) is 9.59 Å². The Kier molecular flexibility index (Phi) is 4.60. The Labute approximate surface area is 151 Å². The first-order chi connectivity index (χ1) is 12.1. The second kappa shape index (κ2) is 6.88. The van der Waals surface area contributed by atoms with Crippen LogP contribution in [-0.2, 0) is 11.3 Å². The second-order valence-corrected chi connectivity index (χ2v) is 8.00. The maximum absolute atomic E-state index is 12.5. The third kappa shape index (κ3) is 3.35. The number of nitrogens with zero attached hydrogens (tertiary/aromatic N) is 4. The van der Waals surface area contributed by atoms with Crippen LogP contribution in [0.3, 0.4) is 0 Å². The number of carbonyl (C=O) groups is 1. The van der Waals surface area contributed by atoms with Crippen molar-refractivity contribution in [2.45, 2.75) is 39.2 Å². The Morgan fingerprint density at radius 2 is 1.96 bits per heavy atom. The van der Waals surface area contributed by atoms with Gasteiger partial charge in [0.2, 0.25) is 5.91 Å². The standard InChI is InChI=1S/C18H24N4O2S/c1-13-12-25-18-19-15(10-16(23)22(13)18)11-20-6-8-21(9-7-20)17(24)14-4-2-3-5-14/h10,12,14H,2-9,11H2,1H3. The highest BCUT2D eigenvalue weighted by Gasteiger charge is 2.29. The predicted octanol–water partition coefficient (Wildman–Crippen LogP) is 1.90. The van der Waals surface area contributed by atoms with Crippen molar-refractivity contribution in [3.63, 3.8) is 0 Å². The van der Waals surface area contributed by atoms with E-state index in [1.54, 1.807) is 10.5 Å². The van der Waals surface area contributed by atoms with Crippen molar-refractivity contribution in [3.05, 3.63) is 33.2 Å². The minimum absolute atomic E-state index is 0.00574. The van der Waals surface area contributed by atoms with Crippen LogP contribution in [0.1, 0.15) is 37.1 Å². The summed E-state index contributed by atoms with van der Waals surface area (Å²) < 4.78 is 1.66. The topological polar surface area (TPSA) is 57.9 Å². The monoisotopic (exact) mass is 360 g/mol. The highest BCUT2D eigenvalue weighted by molar-refractivity contribution is 7.15. The van der Waals surface area contributed by atoms with Crippen molar-refractivity contribution in [1.82, 2.24) is 19.2 Å². The van der Waals surface area contributed by atoms with Gasteiger partial charge in [0.1, 0.15) is 0 Å². The zero-order chi connectivity index (χ0) is 17.4. The minimum Gasteiger partial charge on any atom is -0.340 e. The quantitative estimate of drug-likeness (QED) is 0.839. The predicted molar refractivity (Wildman–Crippen MR) is 97.9 cm³/mol. The highest BCUT2D eigenvalue weighted by Crippen LogP contribution is 2.27. The largest absolute Gasteiger partial charge is 0.340 e. The lowest BCUT2D eigenvalue weighted by molar-refractivity contribution is -0.137. The van der Waals surface area contributed by atoms with Crippen LogP contribution in [-0.4, -0.2) is 51.3 Å². The van der Waals surface area contributed by atoms with Crippen LogP contribution >= 0.6 is 11.3 Å². The Morgan fingerprint density at radius 1 is 1.24 bits per heavy atom. The number of carbonyl (C=O) groups excluding carboxylic acids is 1. The van der Waals surface area contributed by atoms with Crippen molar-refractivity contribution in [3.8, 4) is 0 Å². The third-order valence-electron chi connectivity index (χ3n) is 5.40. The molecule has 0 unspecified atom stereocenters. The van der Waals surface area contributed by atoms with Crippen molar-refractivity contribution >= 4 is 22.2 Å². The summed E-state index contributed by atoms with van der Waals surface area (Å²) in [6, 6.07) is 1.64. The fraction of sp³-hybridized carbons (Fsp3) is 0.611. The SMILES string of the molecule is Cc1csc2nc(CN3CCN(C(=O)C4CCCC4)CC3)cc(=O)n12. The number of aryl methyl sites for hydroxylation is 1. The smallest absolute Gasteiger partial charge is 0.259 e. The van der Waals surface area contributed by atoms with Crippen LogP contribution in [0.15, 0.2) is 16.2 Å². The maximum Gasteiger partial charge on any atom is 0.259 e. The van der Waals surface area contributed by atoms with Gasteiger partial charge in [0.25, 0.3) is 5.56 Å². The van der Waals surface area contributed by atoms with E-state index in [0.29, 0.717) is 12.5 Å². The molecule has 7 heteroatoms. The highest BCUT2D eigenvalue weighted by atomic mass is 32.1. The first-order valence-electron chi connectivity index (χ1n) is 9.10. The van der Waals surface area contributed by atoms with Gasteiger partial charge >= 0.3 is 0 Å². The molecule has 25 heavy (non-hydrogen) atoms. The molecule has 1 aliphatic heterocycles. The molecule has 1 aliphatic carbocycles. The van der Waals surface area contributed by atoms with Gasteiger partial charge in [-0.25, -0.2) is 4.98 Å². The summed E-state index contributed by atoms with van der Waals surface area (Å²) >= 11 is 1.50. The Bertz CT molecular complexity index is 829. The molecule has 2 aliphatic rings. The number of amides is 1. The van der Waals surface area contributed by atoms with E-state index < -0.39 is 0 Å². The van der Waals surface area contributed by atoms with E-state index in [1.165, 1.54) is 24.2 Å². The van der Waals surface area contributed by atoms with E-state index in [-0.39, 0.29) is 11.5 Å². The molecule has 3 heterocycles. The van der Waals surface area contributed by atoms with Gasteiger partial charge in [0.15, 0.2) is 4.96 Å². The number of hydrogen-bond donors (Lipinski definition) is 0. The molecular formula is C18H24N4O2S. The summed E-state index contributed by atoms with van der Waals surface area (Å²) in [6.07, 6.45) is 4.52. The van der Waals surface area contributed by atoms with E-state index in [2.05, 4.69) is 9.88 Å². The lowest BCUT2D eigenvalue weighted by Crippen LogP contribution is -2.49. The third-order valence-corrected chi connectivity index (χ3v) is 6.35. The van der Waals surface area contributed by atoms with Gasteiger partial charge < -0.3 is 4.90 Å². The van der Waals surface area contributed by atoms with Crippen molar-refractivity contribution in [2.75, 3.05) is 26.2 Å². The zero-order valence-electron chi connectivity index (χ0n) is 14.6. The fourth-order valence-electron chi connectivity index (χ4n) is 3.97.